The summed E-state index contributed by atoms with van der Waals surface area (Å²) in [5, 5.41) is 5.40. The van der Waals surface area contributed by atoms with Gasteiger partial charge < -0.3 is 14.8 Å². The first kappa shape index (κ1) is 21.7. The van der Waals surface area contributed by atoms with E-state index in [1.165, 1.54) is 0 Å². The average Bonchev–Trinajstić information content (AvgIpc) is 3.15. The van der Waals surface area contributed by atoms with Gasteiger partial charge in [-0.15, -0.1) is 0 Å². The Bertz CT molecular complexity index is 784. The van der Waals surface area contributed by atoms with Crippen molar-refractivity contribution in [1.82, 2.24) is 10.2 Å². The van der Waals surface area contributed by atoms with E-state index in [0.717, 1.165) is 56.2 Å². The molecule has 0 bridgehead atoms. The zero-order valence-electron chi connectivity index (χ0n) is 18.6. The molecule has 2 saturated heterocycles. The number of benzene rings is 2. The van der Waals surface area contributed by atoms with E-state index >= 15 is 0 Å². The summed E-state index contributed by atoms with van der Waals surface area (Å²) in [4.78, 5) is 15.1. The van der Waals surface area contributed by atoms with Crippen molar-refractivity contribution in [2.75, 3.05) is 39.4 Å². The molecule has 0 saturated carbocycles. The highest BCUT2D eigenvalue weighted by Crippen LogP contribution is 2.46. The Morgan fingerprint density at radius 3 is 2.10 bits per heavy atom. The Kier molecular flexibility index (Phi) is 6.20. The van der Waals surface area contributed by atoms with Crippen molar-refractivity contribution in [3.63, 3.8) is 0 Å². The smallest absolute Gasteiger partial charge is 0.258 e. The summed E-state index contributed by atoms with van der Waals surface area (Å²) < 4.78 is 6.07. The van der Waals surface area contributed by atoms with Crippen molar-refractivity contribution in [3.05, 3.63) is 60.7 Å². The van der Waals surface area contributed by atoms with E-state index in [2.05, 4.69) is 79.5 Å². The van der Waals surface area contributed by atoms with Crippen molar-refractivity contribution < 1.29 is 9.53 Å². The van der Waals surface area contributed by atoms with Gasteiger partial charge in [0.15, 0.2) is 0 Å². The third-order valence-electron chi connectivity index (χ3n) is 7.55. The van der Waals surface area contributed by atoms with Gasteiger partial charge in [0.2, 0.25) is 0 Å². The van der Waals surface area contributed by atoms with Gasteiger partial charge in [-0.2, -0.15) is 0 Å². The second kappa shape index (κ2) is 8.56. The third kappa shape index (κ3) is 3.78. The topological polar surface area (TPSA) is 44.7 Å². The van der Waals surface area contributed by atoms with Crippen LogP contribution in [0, 0.1) is 5.92 Å². The molecule has 30 heavy (non-hydrogen) atoms. The highest BCUT2D eigenvalue weighted by Gasteiger charge is 2.54. The van der Waals surface area contributed by atoms with Gasteiger partial charge in [0.25, 0.3) is 8.32 Å². The van der Waals surface area contributed by atoms with Gasteiger partial charge in [0.05, 0.1) is 13.2 Å². The number of piperazine rings is 1. The summed E-state index contributed by atoms with van der Waals surface area (Å²) in [7, 11) is -3.00. The van der Waals surface area contributed by atoms with Crippen molar-refractivity contribution in [3.8, 4) is 0 Å². The van der Waals surface area contributed by atoms with Crippen LogP contribution in [-0.4, -0.2) is 62.9 Å². The van der Waals surface area contributed by atoms with E-state index in [-0.39, 0.29) is 10.6 Å². The Morgan fingerprint density at radius 1 is 1.03 bits per heavy atom. The number of nitrogens with one attached hydrogen (secondary N) is 1. The van der Waals surface area contributed by atoms with Crippen molar-refractivity contribution in [2.24, 2.45) is 5.92 Å². The van der Waals surface area contributed by atoms with Crippen molar-refractivity contribution in [2.45, 2.75) is 37.8 Å². The minimum Gasteiger partial charge on any atom is -0.424 e. The molecular weight excluding hydrogens is 388 g/mol. The number of hydrogen-bond donors (Lipinski definition) is 2. The molecule has 2 atom stereocenters. The molecule has 2 aliphatic heterocycles. The lowest BCUT2D eigenvalue weighted by molar-refractivity contribution is 0.0464. The van der Waals surface area contributed by atoms with Crippen LogP contribution in [0.4, 0.5) is 0 Å². The lowest BCUT2D eigenvalue weighted by Crippen LogP contribution is -2.66. The molecule has 2 aliphatic rings. The van der Waals surface area contributed by atoms with E-state index in [9.17, 15) is 4.80 Å². The van der Waals surface area contributed by atoms with Gasteiger partial charge in [0.1, 0.15) is 0 Å². The maximum atomic E-state index is 12.5. The first-order chi connectivity index (χ1) is 14.4. The summed E-state index contributed by atoms with van der Waals surface area (Å²) in [5.74, 6) is 0.400. The molecule has 2 fully saturated rings. The quantitative estimate of drug-likeness (QED) is 0.698. The van der Waals surface area contributed by atoms with Crippen LogP contribution in [0.1, 0.15) is 27.2 Å². The molecule has 162 valence electrons. The summed E-state index contributed by atoms with van der Waals surface area (Å²) in [5.41, 5.74) is 0.0298. The third-order valence-corrected chi connectivity index (χ3v) is 12.1. The number of ether oxygens (including phenoxy) is 1. The maximum absolute atomic E-state index is 12.5. The molecule has 0 amide bonds. The van der Waals surface area contributed by atoms with Gasteiger partial charge in [0, 0.05) is 37.6 Å². The van der Waals surface area contributed by atoms with Gasteiger partial charge in [-0.25, -0.2) is 0 Å². The maximum Gasteiger partial charge on any atom is 0.258 e. The van der Waals surface area contributed by atoms with Gasteiger partial charge in [-0.3, -0.25) is 4.90 Å². The minimum atomic E-state index is -3.00. The molecule has 0 spiro atoms. The van der Waals surface area contributed by atoms with E-state index in [0.29, 0.717) is 5.92 Å². The lowest BCUT2D eigenvalue weighted by atomic mass is 9.81. The van der Waals surface area contributed by atoms with Crippen molar-refractivity contribution in [1.29, 1.82) is 0 Å². The standard InChI is InChI=1S/C25H36N2O2Si/c1-24(2,18-21-19-29-20-25(21,3)27-16-14-26-15-17-27)30(28,22-10-6-4-7-11-22)23-12-8-5-9-13-23/h4-13,21,26,28H,14-20H2,1-3H3. The Balaban J connectivity index is 1.69. The predicted molar refractivity (Wildman–Crippen MR) is 126 cm³/mol. The normalized spacial score (nSPS) is 26.1. The first-order valence-electron chi connectivity index (χ1n) is 11.2. The van der Waals surface area contributed by atoms with Gasteiger partial charge >= 0.3 is 0 Å². The van der Waals surface area contributed by atoms with E-state index in [1.54, 1.807) is 0 Å². The van der Waals surface area contributed by atoms with Crippen LogP contribution >= 0.6 is 0 Å². The van der Waals surface area contributed by atoms with Crippen LogP contribution in [0.15, 0.2) is 60.7 Å². The predicted octanol–water partition coefficient (Wildman–Crippen LogP) is 2.22. The molecule has 2 N–H and O–H groups in total. The fraction of sp³-hybridized carbons (Fsp3) is 0.520. The van der Waals surface area contributed by atoms with E-state index in [4.69, 9.17) is 4.74 Å². The van der Waals surface area contributed by atoms with Crippen LogP contribution in [0.2, 0.25) is 5.04 Å². The largest absolute Gasteiger partial charge is 0.424 e. The molecule has 0 aliphatic carbocycles. The summed E-state index contributed by atoms with van der Waals surface area (Å²) in [6, 6.07) is 20.7. The summed E-state index contributed by atoms with van der Waals surface area (Å²) in [6.07, 6.45) is 0.944. The van der Waals surface area contributed by atoms with Gasteiger partial charge in [-0.05, 0) is 28.8 Å². The van der Waals surface area contributed by atoms with Crippen molar-refractivity contribution >= 4 is 18.7 Å². The van der Waals surface area contributed by atoms with Crippen LogP contribution in [0.25, 0.3) is 0 Å². The van der Waals surface area contributed by atoms with E-state index in [1.807, 2.05) is 12.1 Å². The number of nitrogens with zero attached hydrogens (tertiary/aromatic N) is 1. The monoisotopic (exact) mass is 424 g/mol. The first-order valence-corrected chi connectivity index (χ1v) is 13.2. The molecule has 2 unspecified atom stereocenters. The fourth-order valence-corrected chi connectivity index (χ4v) is 9.37. The second-order valence-electron chi connectivity index (χ2n) is 9.84. The molecule has 4 rings (SSSR count). The Hall–Kier alpha value is -1.50. The highest BCUT2D eigenvalue weighted by molar-refractivity contribution is 6.98. The van der Waals surface area contributed by atoms with Crippen LogP contribution in [0.5, 0.6) is 0 Å². The Labute approximate surface area is 182 Å². The van der Waals surface area contributed by atoms with Crippen LogP contribution in [-0.2, 0) is 4.74 Å². The molecule has 0 aromatic heterocycles. The van der Waals surface area contributed by atoms with E-state index < -0.39 is 8.32 Å². The second-order valence-corrected chi connectivity index (χ2v) is 13.8. The highest BCUT2D eigenvalue weighted by atomic mass is 28.4. The molecular formula is C25H36N2O2Si. The summed E-state index contributed by atoms with van der Waals surface area (Å²) >= 11 is 0. The Morgan fingerprint density at radius 2 is 1.57 bits per heavy atom. The molecule has 2 aromatic rings. The molecule has 5 heteroatoms. The minimum absolute atomic E-state index is 0.0298. The van der Waals surface area contributed by atoms with Crippen LogP contribution in [0.3, 0.4) is 0 Å². The molecule has 4 nitrogen and oxygen atoms in total. The number of hydrogen-bond acceptors (Lipinski definition) is 4. The lowest BCUT2D eigenvalue weighted by Gasteiger charge is -2.48. The SMILES string of the molecule is CC1(N2CCNCC2)COCC1CC(C)(C)[Si](O)(c1ccccc1)c1ccccc1. The molecule has 0 radical (unpaired) electrons. The summed E-state index contributed by atoms with van der Waals surface area (Å²) in [6.45, 7) is 12.7. The zero-order valence-corrected chi connectivity index (χ0v) is 19.6. The molecule has 2 aromatic carbocycles. The molecule has 2 heterocycles. The average molecular weight is 425 g/mol. The zero-order chi connectivity index (χ0) is 21.2. The fourth-order valence-electron chi connectivity index (χ4n) is 5.58. The van der Waals surface area contributed by atoms with Gasteiger partial charge in [-0.1, -0.05) is 74.5 Å². The number of rotatable bonds is 6. The van der Waals surface area contributed by atoms with Crippen LogP contribution < -0.4 is 15.7 Å².